The van der Waals surface area contributed by atoms with Gasteiger partial charge >= 0.3 is 5.97 Å². The average molecular weight is 406 g/mol. The summed E-state index contributed by atoms with van der Waals surface area (Å²) < 4.78 is 11.3. The number of anilines is 1. The lowest BCUT2D eigenvalue weighted by molar-refractivity contribution is -0.118. The quantitative estimate of drug-likeness (QED) is 0.724. The number of ether oxygens (including phenoxy) is 2. The fourth-order valence-electron chi connectivity index (χ4n) is 2.25. The number of hydrogen-bond donors (Lipinski definition) is 1. The summed E-state index contributed by atoms with van der Waals surface area (Å²) in [4.78, 5) is 23.5. The Hall–Kier alpha value is -2.34. The van der Waals surface area contributed by atoms with Gasteiger partial charge in [0, 0.05) is 10.2 Å². The van der Waals surface area contributed by atoms with Gasteiger partial charge in [-0.25, -0.2) is 4.79 Å². The Balaban J connectivity index is 1.96. The third-order valence-electron chi connectivity index (χ3n) is 3.54. The minimum absolute atomic E-state index is 0.0971. The van der Waals surface area contributed by atoms with Crippen LogP contribution in [0.2, 0.25) is 0 Å². The SMILES string of the molecule is COC(=O)c1ccc(NC(=O)COc2ccc(Br)cc2C(C)C)cc1. The molecule has 0 heterocycles. The maximum absolute atomic E-state index is 12.1. The van der Waals surface area contributed by atoms with Gasteiger partial charge in [-0.1, -0.05) is 29.8 Å². The van der Waals surface area contributed by atoms with Gasteiger partial charge in [0.2, 0.25) is 0 Å². The van der Waals surface area contributed by atoms with Crippen LogP contribution in [0.4, 0.5) is 5.69 Å². The molecular formula is C19H20BrNO4. The fourth-order valence-corrected chi connectivity index (χ4v) is 2.63. The second-order valence-electron chi connectivity index (χ2n) is 5.74. The van der Waals surface area contributed by atoms with Crippen molar-refractivity contribution in [3.63, 3.8) is 0 Å². The summed E-state index contributed by atoms with van der Waals surface area (Å²) in [6.45, 7) is 4.04. The molecule has 0 aliphatic carbocycles. The topological polar surface area (TPSA) is 64.6 Å². The molecular weight excluding hydrogens is 386 g/mol. The van der Waals surface area contributed by atoms with Crippen LogP contribution in [-0.2, 0) is 9.53 Å². The first-order valence-corrected chi connectivity index (χ1v) is 8.60. The molecule has 5 nitrogen and oxygen atoms in total. The van der Waals surface area contributed by atoms with Crippen LogP contribution in [0.1, 0.15) is 35.7 Å². The van der Waals surface area contributed by atoms with Crippen LogP contribution in [0.5, 0.6) is 5.75 Å². The van der Waals surface area contributed by atoms with Gasteiger partial charge in [-0.3, -0.25) is 4.79 Å². The molecule has 0 unspecified atom stereocenters. The Labute approximate surface area is 155 Å². The highest BCUT2D eigenvalue weighted by Crippen LogP contribution is 2.29. The summed E-state index contributed by atoms with van der Waals surface area (Å²) in [7, 11) is 1.32. The standard InChI is InChI=1S/C19H20BrNO4/c1-12(2)16-10-14(20)6-9-17(16)25-11-18(22)21-15-7-4-13(5-8-15)19(23)24-3/h4-10,12H,11H2,1-3H3,(H,21,22). The van der Waals surface area contributed by atoms with Crippen LogP contribution >= 0.6 is 15.9 Å². The van der Waals surface area contributed by atoms with E-state index in [9.17, 15) is 9.59 Å². The van der Waals surface area contributed by atoms with Gasteiger partial charge in [0.15, 0.2) is 6.61 Å². The first-order chi connectivity index (χ1) is 11.9. The minimum atomic E-state index is -0.419. The molecule has 2 aromatic carbocycles. The normalized spacial score (nSPS) is 10.4. The van der Waals surface area contributed by atoms with Crippen molar-refractivity contribution in [2.75, 3.05) is 19.0 Å². The molecule has 0 saturated carbocycles. The molecule has 2 aromatic rings. The number of hydrogen-bond acceptors (Lipinski definition) is 4. The highest BCUT2D eigenvalue weighted by molar-refractivity contribution is 9.10. The van der Waals surface area contributed by atoms with E-state index in [2.05, 4.69) is 39.8 Å². The van der Waals surface area contributed by atoms with Gasteiger partial charge in [0.05, 0.1) is 12.7 Å². The molecule has 1 amide bonds. The van der Waals surface area contributed by atoms with E-state index in [0.29, 0.717) is 17.0 Å². The maximum atomic E-state index is 12.1. The molecule has 1 N–H and O–H groups in total. The smallest absolute Gasteiger partial charge is 0.337 e. The van der Waals surface area contributed by atoms with E-state index in [1.807, 2.05) is 18.2 Å². The maximum Gasteiger partial charge on any atom is 0.337 e. The third kappa shape index (κ3) is 5.32. The predicted octanol–water partition coefficient (Wildman–Crippen LogP) is 4.38. The zero-order valence-electron chi connectivity index (χ0n) is 14.3. The number of carbonyl (C=O) groups is 2. The van der Waals surface area contributed by atoms with Gasteiger partial charge in [0.1, 0.15) is 5.75 Å². The van der Waals surface area contributed by atoms with E-state index < -0.39 is 5.97 Å². The van der Waals surface area contributed by atoms with Crippen LogP contribution in [-0.4, -0.2) is 25.6 Å². The Bertz CT molecular complexity index is 757. The molecule has 0 bridgehead atoms. The Kier molecular flexibility index (Phi) is 6.58. The molecule has 0 fully saturated rings. The van der Waals surface area contributed by atoms with E-state index in [4.69, 9.17) is 4.74 Å². The molecule has 2 rings (SSSR count). The third-order valence-corrected chi connectivity index (χ3v) is 4.04. The molecule has 0 spiro atoms. The van der Waals surface area contributed by atoms with Crippen molar-refractivity contribution in [2.45, 2.75) is 19.8 Å². The fraction of sp³-hybridized carbons (Fsp3) is 0.263. The zero-order valence-corrected chi connectivity index (χ0v) is 15.9. The Morgan fingerprint density at radius 1 is 1.12 bits per heavy atom. The number of benzene rings is 2. The molecule has 0 atom stereocenters. The minimum Gasteiger partial charge on any atom is -0.483 e. The second kappa shape index (κ2) is 8.67. The molecule has 0 aliphatic heterocycles. The summed E-state index contributed by atoms with van der Waals surface area (Å²) in [5.74, 6) is 0.275. The number of nitrogens with one attached hydrogen (secondary N) is 1. The van der Waals surface area contributed by atoms with Crippen molar-refractivity contribution in [1.29, 1.82) is 0 Å². The number of methoxy groups -OCH3 is 1. The number of carbonyl (C=O) groups excluding carboxylic acids is 2. The highest BCUT2D eigenvalue weighted by Gasteiger charge is 2.11. The Morgan fingerprint density at radius 3 is 2.40 bits per heavy atom. The summed E-state index contributed by atoms with van der Waals surface area (Å²) in [5.41, 5.74) is 2.04. The molecule has 6 heteroatoms. The van der Waals surface area contributed by atoms with Gasteiger partial charge in [-0.2, -0.15) is 0 Å². The van der Waals surface area contributed by atoms with Crippen LogP contribution in [0.25, 0.3) is 0 Å². The first kappa shape index (κ1) is 19.0. The molecule has 132 valence electrons. The van der Waals surface area contributed by atoms with Crippen molar-refractivity contribution in [2.24, 2.45) is 0 Å². The highest BCUT2D eigenvalue weighted by atomic mass is 79.9. The van der Waals surface area contributed by atoms with Gasteiger partial charge < -0.3 is 14.8 Å². The summed E-state index contributed by atoms with van der Waals surface area (Å²) in [6.07, 6.45) is 0. The lowest BCUT2D eigenvalue weighted by atomic mass is 10.0. The van der Waals surface area contributed by atoms with E-state index in [0.717, 1.165) is 10.0 Å². The van der Waals surface area contributed by atoms with E-state index >= 15 is 0 Å². The average Bonchev–Trinajstić information content (AvgIpc) is 2.60. The van der Waals surface area contributed by atoms with Crippen LogP contribution in [0.3, 0.4) is 0 Å². The second-order valence-corrected chi connectivity index (χ2v) is 6.66. The largest absolute Gasteiger partial charge is 0.483 e. The Morgan fingerprint density at radius 2 is 1.80 bits per heavy atom. The van der Waals surface area contributed by atoms with Crippen LogP contribution in [0.15, 0.2) is 46.9 Å². The number of esters is 1. The molecule has 25 heavy (non-hydrogen) atoms. The van der Waals surface area contributed by atoms with Gasteiger partial charge in [0.25, 0.3) is 5.91 Å². The first-order valence-electron chi connectivity index (χ1n) is 7.81. The molecule has 0 aromatic heterocycles. The van der Waals surface area contributed by atoms with Gasteiger partial charge in [-0.05, 0) is 53.9 Å². The lowest BCUT2D eigenvalue weighted by Crippen LogP contribution is -2.20. The van der Waals surface area contributed by atoms with Crippen LogP contribution in [0, 0.1) is 0 Å². The van der Waals surface area contributed by atoms with Crippen molar-refractivity contribution in [3.05, 3.63) is 58.1 Å². The monoisotopic (exact) mass is 405 g/mol. The van der Waals surface area contributed by atoms with E-state index in [1.54, 1.807) is 24.3 Å². The molecule has 0 radical (unpaired) electrons. The number of rotatable bonds is 6. The van der Waals surface area contributed by atoms with E-state index in [-0.39, 0.29) is 18.4 Å². The number of amides is 1. The van der Waals surface area contributed by atoms with Crippen molar-refractivity contribution in [1.82, 2.24) is 0 Å². The van der Waals surface area contributed by atoms with Crippen molar-refractivity contribution < 1.29 is 19.1 Å². The summed E-state index contributed by atoms with van der Waals surface area (Å²) in [6, 6.07) is 12.2. The molecule has 0 saturated heterocycles. The van der Waals surface area contributed by atoms with Crippen molar-refractivity contribution >= 4 is 33.5 Å². The zero-order chi connectivity index (χ0) is 18.4. The van der Waals surface area contributed by atoms with E-state index in [1.165, 1.54) is 7.11 Å². The summed E-state index contributed by atoms with van der Waals surface area (Å²) >= 11 is 3.44. The van der Waals surface area contributed by atoms with Crippen molar-refractivity contribution in [3.8, 4) is 5.75 Å². The molecule has 0 aliphatic rings. The lowest BCUT2D eigenvalue weighted by Gasteiger charge is -2.14. The van der Waals surface area contributed by atoms with Gasteiger partial charge in [-0.15, -0.1) is 0 Å². The number of halogens is 1. The summed E-state index contributed by atoms with van der Waals surface area (Å²) in [5, 5.41) is 2.73. The van der Waals surface area contributed by atoms with Crippen LogP contribution < -0.4 is 10.1 Å². The predicted molar refractivity (Wildman–Crippen MR) is 100 cm³/mol.